The van der Waals surface area contributed by atoms with E-state index in [1.807, 2.05) is 18.2 Å². The normalized spacial score (nSPS) is 14.6. The van der Waals surface area contributed by atoms with Crippen molar-refractivity contribution in [3.05, 3.63) is 41.7 Å². The molecule has 0 fully saturated rings. The summed E-state index contributed by atoms with van der Waals surface area (Å²) in [6, 6.07) is 4.50. The van der Waals surface area contributed by atoms with Gasteiger partial charge in [-0.05, 0) is 26.3 Å². The molecule has 0 aromatic carbocycles. The summed E-state index contributed by atoms with van der Waals surface area (Å²) in [6.07, 6.45) is 4.56. The lowest BCUT2D eigenvalue weighted by molar-refractivity contribution is 0.482. The maximum atomic E-state index is 6.01. The van der Waals surface area contributed by atoms with Gasteiger partial charge in [-0.3, -0.25) is 0 Å². The summed E-state index contributed by atoms with van der Waals surface area (Å²) >= 11 is 6.01. The van der Waals surface area contributed by atoms with Crippen molar-refractivity contribution in [2.45, 2.75) is 32.4 Å². The van der Waals surface area contributed by atoms with E-state index in [0.717, 1.165) is 12.0 Å². The summed E-state index contributed by atoms with van der Waals surface area (Å²) in [5.74, 6) is 0. The van der Waals surface area contributed by atoms with Gasteiger partial charge in [0.25, 0.3) is 0 Å². The minimum absolute atomic E-state index is 0.209. The van der Waals surface area contributed by atoms with Crippen LogP contribution in [0.5, 0.6) is 0 Å². The smallest absolute Gasteiger partial charge is 0.133 e. The number of nitrogens with zero attached hydrogens (tertiary/aromatic N) is 1. The average molecular weight is 225 g/mol. The molecule has 0 aliphatic carbocycles. The Bertz CT molecular complexity index is 325. The Morgan fingerprint density at radius 1 is 1.60 bits per heavy atom. The first kappa shape index (κ1) is 12.2. The summed E-state index contributed by atoms with van der Waals surface area (Å²) in [7, 11) is 0. The van der Waals surface area contributed by atoms with Crippen molar-refractivity contribution in [3.8, 4) is 0 Å². The van der Waals surface area contributed by atoms with Gasteiger partial charge in [0.05, 0.1) is 0 Å². The van der Waals surface area contributed by atoms with Crippen LogP contribution in [0, 0.1) is 0 Å². The minimum atomic E-state index is 0.209. The van der Waals surface area contributed by atoms with E-state index in [9.17, 15) is 0 Å². The van der Waals surface area contributed by atoms with E-state index < -0.39 is 0 Å². The van der Waals surface area contributed by atoms with E-state index in [2.05, 4.69) is 30.7 Å². The zero-order valence-electron chi connectivity index (χ0n) is 9.20. The highest BCUT2D eigenvalue weighted by Crippen LogP contribution is 2.20. The van der Waals surface area contributed by atoms with E-state index in [1.165, 1.54) is 0 Å². The van der Waals surface area contributed by atoms with Crippen LogP contribution in [0.4, 0.5) is 0 Å². The van der Waals surface area contributed by atoms with Gasteiger partial charge in [-0.1, -0.05) is 23.7 Å². The van der Waals surface area contributed by atoms with Gasteiger partial charge in [-0.2, -0.15) is 0 Å². The van der Waals surface area contributed by atoms with Crippen LogP contribution in [-0.2, 0) is 0 Å². The third-order valence-corrected chi connectivity index (χ3v) is 2.62. The molecule has 1 aromatic heterocycles. The molecule has 0 bridgehead atoms. The second-order valence-electron chi connectivity index (χ2n) is 3.70. The number of aromatic nitrogens is 1. The third kappa shape index (κ3) is 3.65. The molecule has 82 valence electrons. The Hall–Kier alpha value is -0.860. The zero-order chi connectivity index (χ0) is 11.3. The van der Waals surface area contributed by atoms with E-state index in [1.54, 1.807) is 6.20 Å². The van der Waals surface area contributed by atoms with Gasteiger partial charge in [0.1, 0.15) is 5.15 Å². The van der Waals surface area contributed by atoms with Crippen LogP contribution in [0.25, 0.3) is 0 Å². The minimum Gasteiger partial charge on any atom is -0.307 e. The highest BCUT2D eigenvalue weighted by molar-refractivity contribution is 6.30. The molecule has 0 aliphatic rings. The van der Waals surface area contributed by atoms with Gasteiger partial charge in [0, 0.05) is 23.8 Å². The summed E-state index contributed by atoms with van der Waals surface area (Å²) in [5, 5.41) is 4.01. The van der Waals surface area contributed by atoms with Crippen LogP contribution in [0.15, 0.2) is 31.0 Å². The first-order valence-corrected chi connectivity index (χ1v) is 5.50. The Morgan fingerprint density at radius 3 is 2.93 bits per heavy atom. The van der Waals surface area contributed by atoms with Gasteiger partial charge >= 0.3 is 0 Å². The average Bonchev–Trinajstić information content (AvgIpc) is 2.18. The lowest BCUT2D eigenvalue weighted by Gasteiger charge is -2.19. The molecular weight excluding hydrogens is 208 g/mol. The van der Waals surface area contributed by atoms with E-state index in [0.29, 0.717) is 11.2 Å². The maximum absolute atomic E-state index is 6.01. The number of halogens is 1. The Labute approximate surface area is 96.4 Å². The second-order valence-corrected chi connectivity index (χ2v) is 4.06. The molecule has 1 N–H and O–H groups in total. The van der Waals surface area contributed by atoms with Crippen molar-refractivity contribution in [3.63, 3.8) is 0 Å². The Kier molecular flexibility index (Phi) is 4.79. The summed E-state index contributed by atoms with van der Waals surface area (Å²) in [4.78, 5) is 4.06. The first-order valence-electron chi connectivity index (χ1n) is 5.12. The summed E-state index contributed by atoms with van der Waals surface area (Å²) < 4.78 is 0. The molecule has 0 aliphatic heterocycles. The monoisotopic (exact) mass is 224 g/mol. The fraction of sp³-hybridized carbons (Fsp3) is 0.417. The van der Waals surface area contributed by atoms with Gasteiger partial charge in [0.2, 0.25) is 0 Å². The molecule has 2 nitrogen and oxygen atoms in total. The SMILES string of the molecule is C=CCC(C)NC(C)c1cccnc1Cl. The molecule has 15 heavy (non-hydrogen) atoms. The van der Waals surface area contributed by atoms with Crippen LogP contribution in [0.1, 0.15) is 31.9 Å². The number of pyridine rings is 1. The molecule has 0 radical (unpaired) electrons. The molecule has 0 amide bonds. The third-order valence-electron chi connectivity index (χ3n) is 2.31. The van der Waals surface area contributed by atoms with Crippen molar-refractivity contribution in [1.29, 1.82) is 0 Å². The van der Waals surface area contributed by atoms with Crippen LogP contribution < -0.4 is 5.32 Å². The lowest BCUT2D eigenvalue weighted by atomic mass is 10.1. The van der Waals surface area contributed by atoms with E-state index in [-0.39, 0.29) is 6.04 Å². The number of hydrogen-bond acceptors (Lipinski definition) is 2. The number of hydrogen-bond donors (Lipinski definition) is 1. The number of nitrogens with one attached hydrogen (secondary N) is 1. The van der Waals surface area contributed by atoms with Crippen LogP contribution >= 0.6 is 11.6 Å². The topological polar surface area (TPSA) is 24.9 Å². The van der Waals surface area contributed by atoms with Crippen LogP contribution in [-0.4, -0.2) is 11.0 Å². The molecule has 1 heterocycles. The lowest BCUT2D eigenvalue weighted by Crippen LogP contribution is -2.28. The molecule has 2 atom stereocenters. The molecule has 0 saturated carbocycles. The van der Waals surface area contributed by atoms with E-state index in [4.69, 9.17) is 11.6 Å². The van der Waals surface area contributed by atoms with Gasteiger partial charge in [-0.25, -0.2) is 4.98 Å². The molecule has 2 unspecified atom stereocenters. The van der Waals surface area contributed by atoms with Gasteiger partial charge in [-0.15, -0.1) is 6.58 Å². The highest BCUT2D eigenvalue weighted by Gasteiger charge is 2.11. The van der Waals surface area contributed by atoms with Crippen molar-refractivity contribution < 1.29 is 0 Å². The van der Waals surface area contributed by atoms with Gasteiger partial charge in [0.15, 0.2) is 0 Å². The van der Waals surface area contributed by atoms with Crippen LogP contribution in [0.3, 0.4) is 0 Å². The number of rotatable bonds is 5. The molecule has 0 spiro atoms. The Morgan fingerprint density at radius 2 is 2.33 bits per heavy atom. The van der Waals surface area contributed by atoms with Crippen molar-refractivity contribution in [2.24, 2.45) is 0 Å². The molecule has 1 rings (SSSR count). The van der Waals surface area contributed by atoms with Gasteiger partial charge < -0.3 is 5.32 Å². The van der Waals surface area contributed by atoms with Crippen LogP contribution in [0.2, 0.25) is 5.15 Å². The summed E-state index contributed by atoms with van der Waals surface area (Å²) in [5.41, 5.74) is 1.04. The highest BCUT2D eigenvalue weighted by atomic mass is 35.5. The fourth-order valence-corrected chi connectivity index (χ4v) is 1.84. The predicted octanol–water partition coefficient (Wildman–Crippen LogP) is 3.35. The standard InChI is InChI=1S/C12H17ClN2/c1-4-6-9(2)15-10(3)11-7-5-8-14-12(11)13/h4-5,7-10,15H,1,6H2,2-3H3. The predicted molar refractivity (Wildman–Crippen MR) is 65.1 cm³/mol. The largest absolute Gasteiger partial charge is 0.307 e. The first-order chi connectivity index (χ1) is 7.15. The maximum Gasteiger partial charge on any atom is 0.133 e. The summed E-state index contributed by atoms with van der Waals surface area (Å²) in [6.45, 7) is 7.93. The Balaban J connectivity index is 2.64. The van der Waals surface area contributed by atoms with Crippen molar-refractivity contribution in [1.82, 2.24) is 10.3 Å². The molecule has 3 heteroatoms. The van der Waals surface area contributed by atoms with E-state index >= 15 is 0 Å². The zero-order valence-corrected chi connectivity index (χ0v) is 9.96. The quantitative estimate of drug-likeness (QED) is 0.613. The fourth-order valence-electron chi connectivity index (χ4n) is 1.56. The van der Waals surface area contributed by atoms with Crippen molar-refractivity contribution in [2.75, 3.05) is 0 Å². The molecule has 1 aromatic rings. The molecular formula is C12H17ClN2. The van der Waals surface area contributed by atoms with Crippen molar-refractivity contribution >= 4 is 11.6 Å². The molecule has 0 saturated heterocycles. The second kappa shape index (κ2) is 5.89.